The minimum Gasteiger partial charge on any atom is -0.507 e. The van der Waals surface area contributed by atoms with E-state index >= 15 is 0 Å². The number of carbonyl (C=O) groups excluding carboxylic acids is 1. The van der Waals surface area contributed by atoms with Crippen LogP contribution in [0.2, 0.25) is 0 Å². The van der Waals surface area contributed by atoms with E-state index in [1.807, 2.05) is 13.1 Å². The highest BCUT2D eigenvalue weighted by atomic mass is 16.3. The Morgan fingerprint density at radius 1 is 1.47 bits per heavy atom. The fourth-order valence-electron chi connectivity index (χ4n) is 2.52. The number of nitrogens with one attached hydrogen (secondary N) is 1. The molecule has 0 aromatic heterocycles. The smallest absolute Gasteiger partial charge is 0.252 e. The van der Waals surface area contributed by atoms with E-state index in [0.717, 1.165) is 38.0 Å². The summed E-state index contributed by atoms with van der Waals surface area (Å²) in [6.07, 6.45) is 2.27. The lowest BCUT2D eigenvalue weighted by atomic mass is 10.0. The molecular formula is C14H21N3O2. The van der Waals surface area contributed by atoms with Gasteiger partial charge >= 0.3 is 0 Å². The predicted octanol–water partition coefficient (Wildman–Crippen LogP) is 0.675. The standard InChI is InChI=1S/C14H21N3O2/c1-16-11-4-6-17(7-5-11)9-10-2-3-13(18)12(8-10)14(15)19/h2-3,8,11,16,18H,4-7,9H2,1H3,(H2,15,19). The number of nitrogens with two attached hydrogens (primary N) is 1. The topological polar surface area (TPSA) is 78.6 Å². The molecule has 1 aromatic carbocycles. The fraction of sp³-hybridized carbons (Fsp3) is 0.500. The van der Waals surface area contributed by atoms with Crippen molar-refractivity contribution in [1.29, 1.82) is 0 Å². The van der Waals surface area contributed by atoms with Gasteiger partial charge in [-0.2, -0.15) is 0 Å². The number of nitrogens with zero attached hydrogens (tertiary/aromatic N) is 1. The van der Waals surface area contributed by atoms with Crippen LogP contribution in [0.4, 0.5) is 0 Å². The van der Waals surface area contributed by atoms with Gasteiger partial charge in [0.05, 0.1) is 5.56 Å². The Kier molecular flexibility index (Phi) is 4.39. The number of likely N-dealkylation sites (tertiary alicyclic amines) is 1. The molecule has 1 aromatic rings. The van der Waals surface area contributed by atoms with Crippen molar-refractivity contribution in [2.45, 2.75) is 25.4 Å². The first kappa shape index (κ1) is 13.8. The number of hydrogen-bond donors (Lipinski definition) is 3. The highest BCUT2D eigenvalue weighted by Gasteiger charge is 2.18. The first-order valence-corrected chi connectivity index (χ1v) is 6.61. The summed E-state index contributed by atoms with van der Waals surface area (Å²) in [5.74, 6) is -0.640. The average molecular weight is 263 g/mol. The number of amides is 1. The van der Waals surface area contributed by atoms with Crippen molar-refractivity contribution in [2.75, 3.05) is 20.1 Å². The molecule has 0 radical (unpaired) electrons. The zero-order valence-electron chi connectivity index (χ0n) is 11.2. The second-order valence-corrected chi connectivity index (χ2v) is 5.05. The molecule has 0 bridgehead atoms. The van der Waals surface area contributed by atoms with Crippen LogP contribution >= 0.6 is 0 Å². The molecule has 1 saturated heterocycles. The van der Waals surface area contributed by atoms with E-state index in [1.54, 1.807) is 6.07 Å². The van der Waals surface area contributed by atoms with E-state index < -0.39 is 5.91 Å². The molecule has 1 aliphatic rings. The molecule has 0 unspecified atom stereocenters. The lowest BCUT2D eigenvalue weighted by molar-refractivity contribution is 0.0997. The van der Waals surface area contributed by atoms with Gasteiger partial charge in [0.25, 0.3) is 5.91 Å². The number of phenols is 1. The van der Waals surface area contributed by atoms with Crippen LogP contribution < -0.4 is 11.1 Å². The highest BCUT2D eigenvalue weighted by Crippen LogP contribution is 2.20. The van der Waals surface area contributed by atoms with Crippen molar-refractivity contribution < 1.29 is 9.90 Å². The third-order valence-corrected chi connectivity index (χ3v) is 3.73. The van der Waals surface area contributed by atoms with E-state index in [2.05, 4.69) is 10.2 Å². The monoisotopic (exact) mass is 263 g/mol. The quantitative estimate of drug-likeness (QED) is 0.746. The number of hydrogen-bond acceptors (Lipinski definition) is 4. The third-order valence-electron chi connectivity index (χ3n) is 3.73. The Balaban J connectivity index is 2.00. The molecule has 5 heteroatoms. The highest BCUT2D eigenvalue weighted by molar-refractivity contribution is 5.95. The van der Waals surface area contributed by atoms with Crippen LogP contribution in [-0.2, 0) is 6.54 Å². The van der Waals surface area contributed by atoms with E-state index in [0.29, 0.717) is 6.04 Å². The number of piperidine rings is 1. The van der Waals surface area contributed by atoms with Gasteiger partial charge in [-0.1, -0.05) is 6.07 Å². The maximum Gasteiger partial charge on any atom is 0.252 e. The van der Waals surface area contributed by atoms with Crippen molar-refractivity contribution in [3.63, 3.8) is 0 Å². The number of primary amides is 1. The number of benzene rings is 1. The van der Waals surface area contributed by atoms with Gasteiger partial charge in [0, 0.05) is 12.6 Å². The second-order valence-electron chi connectivity index (χ2n) is 5.05. The van der Waals surface area contributed by atoms with Gasteiger partial charge in [0.15, 0.2) is 0 Å². The van der Waals surface area contributed by atoms with Crippen molar-refractivity contribution >= 4 is 5.91 Å². The summed E-state index contributed by atoms with van der Waals surface area (Å²) >= 11 is 0. The molecule has 19 heavy (non-hydrogen) atoms. The van der Waals surface area contributed by atoms with Crippen molar-refractivity contribution in [3.05, 3.63) is 29.3 Å². The zero-order chi connectivity index (χ0) is 13.8. The number of carbonyl (C=O) groups is 1. The Bertz CT molecular complexity index is 454. The second kappa shape index (κ2) is 6.04. The van der Waals surface area contributed by atoms with Crippen molar-refractivity contribution in [1.82, 2.24) is 10.2 Å². The molecule has 0 spiro atoms. The van der Waals surface area contributed by atoms with Gasteiger partial charge in [-0.15, -0.1) is 0 Å². The summed E-state index contributed by atoms with van der Waals surface area (Å²) < 4.78 is 0. The Labute approximate surface area is 113 Å². The molecule has 2 rings (SSSR count). The van der Waals surface area contributed by atoms with Gasteiger partial charge in [-0.25, -0.2) is 0 Å². The minimum absolute atomic E-state index is 0.0508. The average Bonchev–Trinajstić information content (AvgIpc) is 2.41. The maximum absolute atomic E-state index is 11.2. The van der Waals surface area contributed by atoms with Crippen LogP contribution in [0.15, 0.2) is 18.2 Å². The third kappa shape index (κ3) is 3.45. The van der Waals surface area contributed by atoms with Gasteiger partial charge in [-0.3, -0.25) is 9.69 Å². The molecular weight excluding hydrogens is 242 g/mol. The predicted molar refractivity (Wildman–Crippen MR) is 74.0 cm³/mol. The molecule has 0 aliphatic carbocycles. The Morgan fingerprint density at radius 3 is 2.74 bits per heavy atom. The summed E-state index contributed by atoms with van der Waals surface area (Å²) in [6, 6.07) is 5.67. The summed E-state index contributed by atoms with van der Waals surface area (Å²) in [5.41, 5.74) is 6.44. The molecule has 1 amide bonds. The zero-order valence-corrected chi connectivity index (χ0v) is 11.2. The molecule has 4 N–H and O–H groups in total. The minimum atomic E-state index is -0.590. The molecule has 5 nitrogen and oxygen atoms in total. The molecule has 104 valence electrons. The summed E-state index contributed by atoms with van der Waals surface area (Å²) in [6.45, 7) is 2.87. The molecule has 1 heterocycles. The van der Waals surface area contributed by atoms with Gasteiger partial charge in [-0.05, 0) is 50.7 Å². The van der Waals surface area contributed by atoms with Crippen LogP contribution in [0.1, 0.15) is 28.8 Å². The largest absolute Gasteiger partial charge is 0.507 e. The molecule has 1 fully saturated rings. The normalized spacial score (nSPS) is 17.5. The number of rotatable bonds is 4. The van der Waals surface area contributed by atoms with E-state index in [1.165, 1.54) is 6.07 Å². The van der Waals surface area contributed by atoms with E-state index in [-0.39, 0.29) is 11.3 Å². The Hall–Kier alpha value is -1.59. The summed E-state index contributed by atoms with van der Waals surface area (Å²) in [5, 5.41) is 12.9. The van der Waals surface area contributed by atoms with Crippen LogP contribution in [-0.4, -0.2) is 42.1 Å². The first-order chi connectivity index (χ1) is 9.10. The lowest BCUT2D eigenvalue weighted by Crippen LogP contribution is -2.40. The molecule has 0 saturated carbocycles. The lowest BCUT2D eigenvalue weighted by Gasteiger charge is -2.31. The van der Waals surface area contributed by atoms with E-state index in [4.69, 9.17) is 5.73 Å². The molecule has 0 atom stereocenters. The van der Waals surface area contributed by atoms with Crippen LogP contribution in [0.25, 0.3) is 0 Å². The number of aromatic hydroxyl groups is 1. The van der Waals surface area contributed by atoms with Crippen LogP contribution in [0.5, 0.6) is 5.75 Å². The Morgan fingerprint density at radius 2 is 2.16 bits per heavy atom. The van der Waals surface area contributed by atoms with E-state index in [9.17, 15) is 9.90 Å². The maximum atomic E-state index is 11.2. The van der Waals surface area contributed by atoms with Gasteiger partial charge < -0.3 is 16.2 Å². The van der Waals surface area contributed by atoms with Crippen LogP contribution in [0.3, 0.4) is 0 Å². The van der Waals surface area contributed by atoms with Crippen molar-refractivity contribution in [3.8, 4) is 5.75 Å². The van der Waals surface area contributed by atoms with Crippen molar-refractivity contribution in [2.24, 2.45) is 5.73 Å². The van der Waals surface area contributed by atoms with Gasteiger partial charge in [0.2, 0.25) is 0 Å². The molecule has 1 aliphatic heterocycles. The fourth-order valence-corrected chi connectivity index (χ4v) is 2.52. The summed E-state index contributed by atoms with van der Waals surface area (Å²) in [7, 11) is 2.00. The first-order valence-electron chi connectivity index (χ1n) is 6.61. The van der Waals surface area contributed by atoms with Gasteiger partial charge in [0.1, 0.15) is 5.75 Å². The van der Waals surface area contributed by atoms with Crippen LogP contribution in [0, 0.1) is 0 Å². The SMILES string of the molecule is CNC1CCN(Cc2ccc(O)c(C(N)=O)c2)CC1. The summed E-state index contributed by atoms with van der Waals surface area (Å²) in [4.78, 5) is 13.5.